The lowest BCUT2D eigenvalue weighted by atomic mass is 10.1. The van der Waals surface area contributed by atoms with E-state index in [0.717, 1.165) is 11.8 Å². The Labute approximate surface area is 79.0 Å². The molecule has 0 fully saturated rings. The highest BCUT2D eigenvalue weighted by molar-refractivity contribution is 8.01. The molecule has 1 rings (SSSR count). The lowest BCUT2D eigenvalue weighted by molar-refractivity contribution is -0.134. The van der Waals surface area contributed by atoms with Gasteiger partial charge in [-0.25, -0.2) is 0 Å². The van der Waals surface area contributed by atoms with Crippen LogP contribution in [0.25, 0.3) is 0 Å². The van der Waals surface area contributed by atoms with Gasteiger partial charge in [-0.05, 0) is 12.2 Å². The van der Waals surface area contributed by atoms with Gasteiger partial charge in [0.1, 0.15) is 0 Å². The Balaban J connectivity index is 2.50. The fraction of sp³-hybridized carbons (Fsp3) is 0.375. The van der Waals surface area contributed by atoms with Crippen LogP contribution in [0.3, 0.4) is 0 Å². The number of carbonyl (C=O) groups is 3. The molecule has 0 aromatic carbocycles. The predicted molar refractivity (Wildman–Crippen MR) is 47.7 cm³/mol. The third-order valence-corrected chi connectivity index (χ3v) is 2.76. The zero-order valence-corrected chi connectivity index (χ0v) is 7.54. The number of ketones is 2. The van der Waals surface area contributed by atoms with Crippen molar-refractivity contribution in [2.75, 3.05) is 5.75 Å². The van der Waals surface area contributed by atoms with E-state index in [1.54, 1.807) is 0 Å². The first kappa shape index (κ1) is 9.98. The highest BCUT2D eigenvalue weighted by Gasteiger charge is 2.23. The van der Waals surface area contributed by atoms with Gasteiger partial charge in [-0.2, -0.15) is 0 Å². The van der Waals surface area contributed by atoms with Gasteiger partial charge >= 0.3 is 5.97 Å². The average molecular weight is 200 g/mol. The molecule has 0 saturated carbocycles. The van der Waals surface area contributed by atoms with Crippen molar-refractivity contribution in [3.05, 3.63) is 12.2 Å². The van der Waals surface area contributed by atoms with E-state index in [0.29, 0.717) is 0 Å². The topological polar surface area (TPSA) is 71.4 Å². The molecule has 4 nitrogen and oxygen atoms in total. The number of rotatable bonds is 3. The van der Waals surface area contributed by atoms with Crippen LogP contribution in [0.2, 0.25) is 0 Å². The summed E-state index contributed by atoms with van der Waals surface area (Å²) in [4.78, 5) is 32.2. The van der Waals surface area contributed by atoms with Crippen LogP contribution in [0.1, 0.15) is 6.42 Å². The van der Waals surface area contributed by atoms with E-state index >= 15 is 0 Å². The van der Waals surface area contributed by atoms with Crippen LogP contribution in [0.5, 0.6) is 0 Å². The number of allylic oxidation sites excluding steroid dienone is 2. The Hall–Kier alpha value is -1.10. The van der Waals surface area contributed by atoms with Crippen LogP contribution in [0.4, 0.5) is 0 Å². The predicted octanol–water partition coefficient (Wildman–Crippen LogP) is 0.271. The third-order valence-electron chi connectivity index (χ3n) is 1.55. The maximum absolute atomic E-state index is 11.1. The largest absolute Gasteiger partial charge is 0.481 e. The molecule has 0 aromatic heterocycles. The molecule has 0 heterocycles. The smallest absolute Gasteiger partial charge is 0.313 e. The Morgan fingerprint density at radius 1 is 1.54 bits per heavy atom. The van der Waals surface area contributed by atoms with Gasteiger partial charge in [0.05, 0.1) is 11.0 Å². The quantitative estimate of drug-likeness (QED) is 0.708. The highest BCUT2D eigenvalue weighted by atomic mass is 32.2. The Bertz CT molecular complexity index is 282. The van der Waals surface area contributed by atoms with Crippen molar-refractivity contribution in [1.82, 2.24) is 0 Å². The van der Waals surface area contributed by atoms with E-state index in [1.807, 2.05) is 0 Å². The molecule has 13 heavy (non-hydrogen) atoms. The zero-order chi connectivity index (χ0) is 9.84. The lowest BCUT2D eigenvalue weighted by Crippen LogP contribution is -2.24. The monoisotopic (exact) mass is 200 g/mol. The minimum atomic E-state index is -0.972. The summed E-state index contributed by atoms with van der Waals surface area (Å²) in [5.74, 6) is -1.41. The van der Waals surface area contributed by atoms with Gasteiger partial charge in [-0.15, -0.1) is 11.8 Å². The summed E-state index contributed by atoms with van der Waals surface area (Å²) in [6.07, 6.45) is 2.57. The molecule has 0 saturated heterocycles. The summed E-state index contributed by atoms with van der Waals surface area (Å²) in [5, 5.41) is 7.86. The first-order valence-corrected chi connectivity index (χ1v) is 4.72. The molecular formula is C8H8O4S. The molecule has 70 valence electrons. The average Bonchev–Trinajstić information content (AvgIpc) is 2.06. The first-order valence-electron chi connectivity index (χ1n) is 3.68. The number of hydrogen-bond donors (Lipinski definition) is 1. The molecule has 0 amide bonds. The zero-order valence-electron chi connectivity index (χ0n) is 6.73. The van der Waals surface area contributed by atoms with E-state index in [2.05, 4.69) is 0 Å². The molecule has 1 aliphatic rings. The molecule has 0 aliphatic heterocycles. The van der Waals surface area contributed by atoms with Crippen molar-refractivity contribution in [3.8, 4) is 0 Å². The third kappa shape index (κ3) is 3.02. The van der Waals surface area contributed by atoms with Crippen LogP contribution >= 0.6 is 11.8 Å². The van der Waals surface area contributed by atoms with Crippen LogP contribution in [-0.4, -0.2) is 33.6 Å². The Kier molecular flexibility index (Phi) is 3.25. The molecule has 5 heteroatoms. The maximum Gasteiger partial charge on any atom is 0.313 e. The van der Waals surface area contributed by atoms with Crippen molar-refractivity contribution in [1.29, 1.82) is 0 Å². The van der Waals surface area contributed by atoms with E-state index in [9.17, 15) is 14.4 Å². The maximum atomic E-state index is 11.1. The second kappa shape index (κ2) is 4.23. The van der Waals surface area contributed by atoms with E-state index < -0.39 is 11.2 Å². The molecule has 1 N–H and O–H groups in total. The number of carboxylic acids is 1. The van der Waals surface area contributed by atoms with Crippen molar-refractivity contribution in [2.24, 2.45) is 0 Å². The summed E-state index contributed by atoms with van der Waals surface area (Å²) in [5.41, 5.74) is 0. The van der Waals surface area contributed by atoms with E-state index in [-0.39, 0.29) is 23.7 Å². The van der Waals surface area contributed by atoms with Gasteiger partial charge in [-0.3, -0.25) is 14.4 Å². The molecule has 1 unspecified atom stereocenters. The standard InChI is InChI=1S/C8H8O4S/c9-5-1-2-6(10)7(3-5)13-4-8(11)12/h1-2,7H,3-4H2,(H,11,12). The van der Waals surface area contributed by atoms with Crippen LogP contribution in [0.15, 0.2) is 12.2 Å². The molecule has 1 aliphatic carbocycles. The minimum absolute atomic E-state index is 0.118. The molecule has 0 aromatic rings. The first-order chi connectivity index (χ1) is 6.09. The second-order valence-corrected chi connectivity index (χ2v) is 3.79. The van der Waals surface area contributed by atoms with Crippen LogP contribution in [0, 0.1) is 0 Å². The summed E-state index contributed by atoms with van der Waals surface area (Å²) in [6, 6.07) is 0. The SMILES string of the molecule is O=C(O)CSC1CC(=O)C=CC1=O. The number of carboxylic acid groups (broad SMARTS) is 1. The van der Waals surface area contributed by atoms with Crippen molar-refractivity contribution >= 4 is 29.3 Å². The van der Waals surface area contributed by atoms with Gasteiger partial charge in [0, 0.05) is 6.42 Å². The van der Waals surface area contributed by atoms with Gasteiger partial charge in [0.25, 0.3) is 0 Å². The fourth-order valence-corrected chi connectivity index (χ4v) is 1.82. The van der Waals surface area contributed by atoms with Gasteiger partial charge in [0.2, 0.25) is 0 Å². The molecular weight excluding hydrogens is 192 g/mol. The number of thioether (sulfide) groups is 1. The van der Waals surface area contributed by atoms with Crippen LogP contribution < -0.4 is 0 Å². The Morgan fingerprint density at radius 2 is 2.23 bits per heavy atom. The highest BCUT2D eigenvalue weighted by Crippen LogP contribution is 2.19. The minimum Gasteiger partial charge on any atom is -0.481 e. The normalized spacial score (nSPS) is 22.0. The summed E-state index contributed by atoms with van der Waals surface area (Å²) < 4.78 is 0. The van der Waals surface area contributed by atoms with Crippen molar-refractivity contribution < 1.29 is 19.5 Å². The van der Waals surface area contributed by atoms with Gasteiger partial charge in [-0.1, -0.05) is 0 Å². The fourth-order valence-electron chi connectivity index (χ4n) is 0.947. The molecule has 0 spiro atoms. The van der Waals surface area contributed by atoms with Crippen molar-refractivity contribution in [2.45, 2.75) is 11.7 Å². The molecule has 0 radical (unpaired) electrons. The second-order valence-electron chi connectivity index (χ2n) is 2.60. The summed E-state index contributed by atoms with van der Waals surface area (Å²) in [6.45, 7) is 0. The van der Waals surface area contributed by atoms with Crippen LogP contribution in [-0.2, 0) is 14.4 Å². The Morgan fingerprint density at radius 3 is 2.85 bits per heavy atom. The van der Waals surface area contributed by atoms with E-state index in [4.69, 9.17) is 5.11 Å². The number of hydrogen-bond acceptors (Lipinski definition) is 4. The number of aliphatic carboxylic acids is 1. The number of carbonyl (C=O) groups excluding carboxylic acids is 2. The van der Waals surface area contributed by atoms with E-state index in [1.165, 1.54) is 12.2 Å². The summed E-state index contributed by atoms with van der Waals surface area (Å²) >= 11 is 0.996. The van der Waals surface area contributed by atoms with Gasteiger partial charge in [0.15, 0.2) is 11.6 Å². The molecule has 1 atom stereocenters. The van der Waals surface area contributed by atoms with Gasteiger partial charge < -0.3 is 5.11 Å². The summed E-state index contributed by atoms with van der Waals surface area (Å²) in [7, 11) is 0. The molecule has 0 bridgehead atoms. The lowest BCUT2D eigenvalue weighted by Gasteiger charge is -2.13. The van der Waals surface area contributed by atoms with Crippen molar-refractivity contribution in [3.63, 3.8) is 0 Å².